The zero-order valence-electron chi connectivity index (χ0n) is 18.7. The van der Waals surface area contributed by atoms with Crippen LogP contribution in [0.2, 0.25) is 0 Å². The number of nitrogens with one attached hydrogen (secondary N) is 1. The third-order valence-corrected chi connectivity index (χ3v) is 5.14. The molecule has 1 aliphatic heterocycles. The van der Waals surface area contributed by atoms with E-state index in [0.29, 0.717) is 17.3 Å². The second kappa shape index (κ2) is 8.49. The van der Waals surface area contributed by atoms with E-state index in [0.717, 1.165) is 23.4 Å². The zero-order valence-corrected chi connectivity index (χ0v) is 18.7. The molecule has 168 valence electrons. The topological polar surface area (TPSA) is 100 Å². The fourth-order valence-electron chi connectivity index (χ4n) is 3.77. The van der Waals surface area contributed by atoms with Crippen LogP contribution in [-0.4, -0.2) is 44.2 Å². The fraction of sp³-hybridized carbons (Fsp3) is 0.391. The van der Waals surface area contributed by atoms with Gasteiger partial charge in [-0.1, -0.05) is 12.1 Å². The largest absolute Gasteiger partial charge is 0.483 e. The SMILES string of the molecule is Cc1cc(C)n(-c2ccc(=O)n(CCNC(=O)COc3cccc4c3OC(C)(C)C4)n2)n1. The van der Waals surface area contributed by atoms with Gasteiger partial charge in [-0.2, -0.15) is 5.10 Å². The summed E-state index contributed by atoms with van der Waals surface area (Å²) in [6.07, 6.45) is 0.796. The van der Waals surface area contributed by atoms with Crippen LogP contribution in [0.25, 0.3) is 5.82 Å². The van der Waals surface area contributed by atoms with E-state index in [2.05, 4.69) is 15.5 Å². The van der Waals surface area contributed by atoms with Gasteiger partial charge in [-0.05, 0) is 45.9 Å². The Hall–Kier alpha value is -3.62. The molecule has 0 radical (unpaired) electrons. The first-order valence-electron chi connectivity index (χ1n) is 10.5. The summed E-state index contributed by atoms with van der Waals surface area (Å²) in [7, 11) is 0. The van der Waals surface area contributed by atoms with Crippen molar-refractivity contribution in [1.82, 2.24) is 24.9 Å². The van der Waals surface area contributed by atoms with Crippen LogP contribution >= 0.6 is 0 Å². The molecule has 9 heteroatoms. The van der Waals surface area contributed by atoms with Crippen molar-refractivity contribution in [2.24, 2.45) is 0 Å². The Balaban J connectivity index is 1.33. The number of rotatable bonds is 7. The quantitative estimate of drug-likeness (QED) is 0.607. The number of ether oxygens (including phenoxy) is 2. The van der Waals surface area contributed by atoms with E-state index in [4.69, 9.17) is 9.47 Å². The van der Waals surface area contributed by atoms with Crippen LogP contribution in [0.3, 0.4) is 0 Å². The van der Waals surface area contributed by atoms with E-state index >= 15 is 0 Å². The van der Waals surface area contributed by atoms with Crippen LogP contribution in [0, 0.1) is 13.8 Å². The monoisotopic (exact) mass is 437 g/mol. The van der Waals surface area contributed by atoms with E-state index in [1.165, 1.54) is 10.7 Å². The van der Waals surface area contributed by atoms with Gasteiger partial charge in [-0.25, -0.2) is 9.36 Å². The Morgan fingerprint density at radius 1 is 1.22 bits per heavy atom. The third-order valence-electron chi connectivity index (χ3n) is 5.14. The number of carbonyl (C=O) groups excluding carboxylic acids is 1. The molecule has 0 fully saturated rings. The highest BCUT2D eigenvalue weighted by atomic mass is 16.5. The van der Waals surface area contributed by atoms with Gasteiger partial charge >= 0.3 is 0 Å². The Morgan fingerprint density at radius 3 is 2.78 bits per heavy atom. The number of fused-ring (bicyclic) bond motifs is 1. The second-order valence-electron chi connectivity index (χ2n) is 8.51. The Labute approximate surface area is 186 Å². The number of amides is 1. The van der Waals surface area contributed by atoms with Crippen molar-refractivity contribution in [3.63, 3.8) is 0 Å². The summed E-state index contributed by atoms with van der Waals surface area (Å²) in [5, 5.41) is 11.5. The van der Waals surface area contributed by atoms with Gasteiger partial charge in [0.2, 0.25) is 0 Å². The first-order valence-corrected chi connectivity index (χ1v) is 10.5. The molecule has 9 nitrogen and oxygen atoms in total. The molecule has 2 aromatic heterocycles. The maximum absolute atomic E-state index is 12.3. The summed E-state index contributed by atoms with van der Waals surface area (Å²) in [6.45, 7) is 8.18. The lowest BCUT2D eigenvalue weighted by molar-refractivity contribution is -0.123. The summed E-state index contributed by atoms with van der Waals surface area (Å²) in [5.74, 6) is 1.51. The Bertz CT molecular complexity index is 1210. The highest BCUT2D eigenvalue weighted by Crippen LogP contribution is 2.41. The Kier molecular flexibility index (Phi) is 5.73. The highest BCUT2D eigenvalue weighted by molar-refractivity contribution is 5.77. The van der Waals surface area contributed by atoms with Gasteiger partial charge < -0.3 is 14.8 Å². The molecule has 3 aromatic rings. The molecular formula is C23H27N5O4. The molecule has 0 unspecified atom stereocenters. The van der Waals surface area contributed by atoms with E-state index < -0.39 is 0 Å². The van der Waals surface area contributed by atoms with Crippen molar-refractivity contribution < 1.29 is 14.3 Å². The van der Waals surface area contributed by atoms with E-state index in [1.807, 2.05) is 45.9 Å². The van der Waals surface area contributed by atoms with Gasteiger partial charge in [0.05, 0.1) is 12.2 Å². The predicted octanol–water partition coefficient (Wildman–Crippen LogP) is 1.95. The van der Waals surface area contributed by atoms with Gasteiger partial charge in [0.25, 0.3) is 11.5 Å². The minimum atomic E-state index is -0.289. The second-order valence-corrected chi connectivity index (χ2v) is 8.51. The number of hydrogen-bond donors (Lipinski definition) is 1. The lowest BCUT2D eigenvalue weighted by Gasteiger charge is -2.18. The van der Waals surface area contributed by atoms with Gasteiger partial charge in [-0.15, -0.1) is 5.10 Å². The van der Waals surface area contributed by atoms with Gasteiger partial charge in [0.15, 0.2) is 23.9 Å². The van der Waals surface area contributed by atoms with E-state index in [1.54, 1.807) is 16.8 Å². The minimum Gasteiger partial charge on any atom is -0.483 e. The average molecular weight is 438 g/mol. The predicted molar refractivity (Wildman–Crippen MR) is 118 cm³/mol. The standard InChI is InChI=1S/C23H27N5O4/c1-15-12-16(2)28(25-15)19-8-9-21(30)27(26-19)11-10-24-20(29)14-31-18-7-5-6-17-13-23(3,4)32-22(17)18/h5-9,12H,10-11,13-14H2,1-4H3,(H,24,29). The number of aryl methyl sites for hydroxylation is 2. The van der Waals surface area contributed by atoms with Crippen LogP contribution in [-0.2, 0) is 17.8 Å². The molecular weight excluding hydrogens is 410 g/mol. The molecule has 0 bridgehead atoms. The minimum absolute atomic E-state index is 0.144. The number of aromatic nitrogens is 4. The summed E-state index contributed by atoms with van der Waals surface area (Å²) < 4.78 is 14.6. The molecule has 0 atom stereocenters. The molecule has 1 amide bonds. The number of nitrogens with zero attached hydrogens (tertiary/aromatic N) is 4. The van der Waals surface area contributed by atoms with Crippen LogP contribution in [0.1, 0.15) is 30.8 Å². The van der Waals surface area contributed by atoms with Crippen molar-refractivity contribution in [1.29, 1.82) is 0 Å². The lowest BCUT2D eigenvalue weighted by atomic mass is 10.0. The van der Waals surface area contributed by atoms with Gasteiger partial charge in [0.1, 0.15) is 5.60 Å². The first kappa shape index (κ1) is 21.6. The molecule has 1 N–H and O–H groups in total. The molecule has 0 saturated heterocycles. The number of hydrogen-bond acceptors (Lipinski definition) is 6. The van der Waals surface area contributed by atoms with E-state index in [9.17, 15) is 9.59 Å². The average Bonchev–Trinajstić information content (AvgIpc) is 3.24. The molecule has 0 saturated carbocycles. The summed E-state index contributed by atoms with van der Waals surface area (Å²) in [4.78, 5) is 24.4. The molecule has 32 heavy (non-hydrogen) atoms. The molecule has 1 aromatic carbocycles. The van der Waals surface area contributed by atoms with Crippen LogP contribution in [0.5, 0.6) is 11.5 Å². The van der Waals surface area contributed by atoms with E-state index in [-0.39, 0.29) is 36.8 Å². The molecule has 0 aliphatic carbocycles. The van der Waals surface area contributed by atoms with Crippen molar-refractivity contribution in [3.05, 3.63) is 63.7 Å². The molecule has 1 aliphatic rings. The highest BCUT2D eigenvalue weighted by Gasteiger charge is 2.32. The van der Waals surface area contributed by atoms with Crippen molar-refractivity contribution in [3.8, 4) is 17.3 Å². The fourth-order valence-corrected chi connectivity index (χ4v) is 3.77. The van der Waals surface area contributed by atoms with Gasteiger partial charge in [-0.3, -0.25) is 9.59 Å². The molecule has 4 rings (SSSR count). The number of para-hydroxylation sites is 1. The smallest absolute Gasteiger partial charge is 0.266 e. The summed E-state index contributed by atoms with van der Waals surface area (Å²) >= 11 is 0. The molecule has 3 heterocycles. The third kappa shape index (κ3) is 4.66. The summed E-state index contributed by atoms with van der Waals surface area (Å²) in [6, 6.07) is 10.7. The molecule has 0 spiro atoms. The maximum atomic E-state index is 12.3. The van der Waals surface area contributed by atoms with Crippen molar-refractivity contribution in [2.75, 3.05) is 13.2 Å². The van der Waals surface area contributed by atoms with Crippen molar-refractivity contribution >= 4 is 5.91 Å². The lowest BCUT2D eigenvalue weighted by Crippen LogP contribution is -2.34. The van der Waals surface area contributed by atoms with Gasteiger partial charge in [0, 0.05) is 30.3 Å². The first-order chi connectivity index (χ1) is 15.2. The van der Waals surface area contributed by atoms with Crippen LogP contribution in [0.4, 0.5) is 0 Å². The van der Waals surface area contributed by atoms with Crippen LogP contribution < -0.4 is 20.3 Å². The summed E-state index contributed by atoms with van der Waals surface area (Å²) in [5.41, 5.74) is 2.32. The number of benzene rings is 1. The van der Waals surface area contributed by atoms with Crippen LogP contribution in [0.15, 0.2) is 41.2 Å². The number of carbonyl (C=O) groups is 1. The Morgan fingerprint density at radius 2 is 2.03 bits per heavy atom. The zero-order chi connectivity index (χ0) is 22.9. The maximum Gasteiger partial charge on any atom is 0.266 e. The normalized spacial score (nSPS) is 14.0. The van der Waals surface area contributed by atoms with Crippen molar-refractivity contribution in [2.45, 2.75) is 46.3 Å².